The minimum Gasteiger partial charge on any atom is -0.322 e. The van der Waals surface area contributed by atoms with Crippen LogP contribution in [0.15, 0.2) is 12.7 Å². The molecule has 0 aliphatic rings. The molecule has 6 heteroatoms. The number of nitrogens with one attached hydrogen (secondary N) is 1. The summed E-state index contributed by atoms with van der Waals surface area (Å²) >= 11 is 7.63. The van der Waals surface area contributed by atoms with Crippen molar-refractivity contribution in [2.45, 2.75) is 0 Å². The fourth-order valence-corrected chi connectivity index (χ4v) is 0.349. The van der Waals surface area contributed by atoms with E-state index in [1.165, 1.54) is 12.7 Å². The fraction of sp³-hybridized carbons (Fsp3) is 0. The summed E-state index contributed by atoms with van der Waals surface area (Å²) in [6.45, 7) is 0. The standard InChI is InChI=1S/C3H3N3S.H3NS/c7-3-5-1-4-2-6-3;1-2/h1-2H,(H,4,5,6,7);2H,1H2. The highest BCUT2D eigenvalue weighted by molar-refractivity contribution is 7.77. The minimum atomic E-state index is 0.468. The van der Waals surface area contributed by atoms with Crippen LogP contribution in [-0.4, -0.2) is 15.0 Å². The first-order valence-electron chi connectivity index (χ1n) is 2.00. The van der Waals surface area contributed by atoms with Crippen molar-refractivity contribution in [3.8, 4) is 0 Å². The number of nitrogens with two attached hydrogens (primary N) is 1. The summed E-state index contributed by atoms with van der Waals surface area (Å²) in [6.07, 6.45) is 2.90. The highest BCUT2D eigenvalue weighted by Crippen LogP contribution is 1.68. The van der Waals surface area contributed by atoms with Gasteiger partial charge in [-0.05, 0) is 12.2 Å². The average Bonchev–Trinajstić information content (AvgIpc) is 1.94. The molecule has 0 bridgehead atoms. The van der Waals surface area contributed by atoms with E-state index in [1.807, 2.05) is 0 Å². The Morgan fingerprint density at radius 3 is 2.56 bits per heavy atom. The predicted octanol–water partition coefficient (Wildman–Crippen LogP) is 0.324. The molecule has 1 rings (SSSR count). The van der Waals surface area contributed by atoms with Crippen molar-refractivity contribution in [2.75, 3.05) is 0 Å². The van der Waals surface area contributed by atoms with Crippen molar-refractivity contribution in [1.82, 2.24) is 15.0 Å². The van der Waals surface area contributed by atoms with Crippen LogP contribution >= 0.6 is 25.0 Å². The van der Waals surface area contributed by atoms with E-state index in [9.17, 15) is 0 Å². The lowest BCUT2D eigenvalue weighted by Crippen LogP contribution is -1.78. The molecule has 4 nitrogen and oxygen atoms in total. The smallest absolute Gasteiger partial charge is 0.199 e. The summed E-state index contributed by atoms with van der Waals surface area (Å²) in [5.41, 5.74) is 0. The zero-order valence-electron chi connectivity index (χ0n) is 4.48. The average molecular weight is 162 g/mol. The Morgan fingerprint density at radius 1 is 1.67 bits per heavy atom. The van der Waals surface area contributed by atoms with Crippen molar-refractivity contribution >= 4 is 25.0 Å². The second-order valence-electron chi connectivity index (χ2n) is 0.972. The summed E-state index contributed by atoms with van der Waals surface area (Å²) in [4.78, 5) is 9.86. The molecule has 1 aromatic heterocycles. The SMILES string of the molecule is NS.S=c1ncnc[nH]1. The molecule has 50 valence electrons. The molecule has 0 amide bonds. The van der Waals surface area contributed by atoms with Crippen molar-refractivity contribution in [3.05, 3.63) is 17.4 Å². The molecule has 0 aliphatic carbocycles. The van der Waals surface area contributed by atoms with Crippen molar-refractivity contribution < 1.29 is 0 Å². The quantitative estimate of drug-likeness (QED) is 0.380. The van der Waals surface area contributed by atoms with E-state index in [2.05, 4.69) is 45.1 Å². The molecular formula is C3H6N4S2. The first-order chi connectivity index (χ1) is 4.39. The first-order valence-corrected chi connectivity index (χ1v) is 2.92. The number of nitrogens with zero attached hydrogens (tertiary/aromatic N) is 2. The monoisotopic (exact) mass is 162 g/mol. The maximum absolute atomic E-state index is 4.61. The van der Waals surface area contributed by atoms with Crippen molar-refractivity contribution in [1.29, 1.82) is 0 Å². The van der Waals surface area contributed by atoms with Crippen molar-refractivity contribution in [3.63, 3.8) is 0 Å². The van der Waals surface area contributed by atoms with Crippen LogP contribution in [0.25, 0.3) is 0 Å². The Labute approximate surface area is 63.1 Å². The van der Waals surface area contributed by atoms with E-state index in [4.69, 9.17) is 0 Å². The van der Waals surface area contributed by atoms with E-state index in [0.717, 1.165) is 0 Å². The Morgan fingerprint density at radius 2 is 2.33 bits per heavy atom. The lowest BCUT2D eigenvalue weighted by Gasteiger charge is -1.75. The van der Waals surface area contributed by atoms with Gasteiger partial charge in [0.15, 0.2) is 4.77 Å². The summed E-state index contributed by atoms with van der Waals surface area (Å²) in [6, 6.07) is 0. The predicted molar refractivity (Wildman–Crippen MR) is 40.4 cm³/mol. The maximum atomic E-state index is 4.61. The molecule has 0 saturated carbocycles. The first kappa shape index (κ1) is 8.54. The molecule has 9 heavy (non-hydrogen) atoms. The van der Waals surface area contributed by atoms with Gasteiger partial charge in [0.1, 0.15) is 6.33 Å². The van der Waals surface area contributed by atoms with Gasteiger partial charge in [0.05, 0.1) is 6.33 Å². The number of rotatable bonds is 0. The molecule has 0 saturated heterocycles. The number of H-pyrrole nitrogens is 1. The highest BCUT2D eigenvalue weighted by Gasteiger charge is 1.67. The Hall–Kier alpha value is -0.460. The molecule has 0 unspecified atom stereocenters. The second-order valence-corrected chi connectivity index (χ2v) is 1.36. The van der Waals surface area contributed by atoms with Crippen molar-refractivity contribution in [2.24, 2.45) is 5.14 Å². The molecule has 0 fully saturated rings. The van der Waals surface area contributed by atoms with Crippen LogP contribution in [0.1, 0.15) is 0 Å². The highest BCUT2D eigenvalue weighted by atomic mass is 32.1. The Bertz CT molecular complexity index is 180. The Balaban J connectivity index is 0.000000291. The van der Waals surface area contributed by atoms with Crippen LogP contribution in [0, 0.1) is 4.77 Å². The molecule has 0 spiro atoms. The second kappa shape index (κ2) is 5.67. The van der Waals surface area contributed by atoms with Crippen LogP contribution in [0.2, 0.25) is 0 Å². The van der Waals surface area contributed by atoms with Gasteiger partial charge in [0.25, 0.3) is 0 Å². The molecule has 1 heterocycles. The molecule has 0 radical (unpaired) electrons. The number of hydrogen-bond donors (Lipinski definition) is 3. The molecule has 0 atom stereocenters. The van der Waals surface area contributed by atoms with Gasteiger partial charge in [0, 0.05) is 0 Å². The van der Waals surface area contributed by atoms with Crippen LogP contribution < -0.4 is 5.14 Å². The van der Waals surface area contributed by atoms with Crippen LogP contribution in [0.3, 0.4) is 0 Å². The minimum absolute atomic E-state index is 0.468. The topological polar surface area (TPSA) is 67.6 Å². The lowest BCUT2D eigenvalue weighted by atomic mass is 11.1. The Kier molecular flexibility index (Phi) is 5.38. The molecule has 3 N–H and O–H groups in total. The number of aromatic nitrogens is 3. The summed E-state index contributed by atoms with van der Waals surface area (Å²) in [5, 5.41) is 4.19. The van der Waals surface area contributed by atoms with Gasteiger partial charge in [0.2, 0.25) is 0 Å². The number of hydrogen-bond acceptors (Lipinski definition) is 5. The van der Waals surface area contributed by atoms with E-state index in [1.54, 1.807) is 0 Å². The van der Waals surface area contributed by atoms with Gasteiger partial charge in [-0.15, -0.1) is 12.8 Å². The van der Waals surface area contributed by atoms with Gasteiger partial charge in [-0.2, -0.15) is 0 Å². The fourth-order valence-electron chi connectivity index (χ4n) is 0.249. The number of aromatic amines is 1. The third-order valence-corrected chi connectivity index (χ3v) is 0.727. The van der Waals surface area contributed by atoms with Crippen LogP contribution in [-0.2, 0) is 0 Å². The van der Waals surface area contributed by atoms with E-state index < -0.39 is 0 Å². The molecule has 0 aromatic carbocycles. The van der Waals surface area contributed by atoms with Gasteiger partial charge >= 0.3 is 0 Å². The zero-order valence-corrected chi connectivity index (χ0v) is 6.19. The van der Waals surface area contributed by atoms with Crippen LogP contribution in [0.5, 0.6) is 0 Å². The summed E-state index contributed by atoms with van der Waals surface area (Å²) < 4.78 is 0.468. The molecule has 0 aliphatic heterocycles. The molecular weight excluding hydrogens is 156 g/mol. The normalized spacial score (nSPS) is 7.33. The number of thiol groups is 1. The van der Waals surface area contributed by atoms with Gasteiger partial charge < -0.3 is 4.98 Å². The van der Waals surface area contributed by atoms with Crippen LogP contribution in [0.4, 0.5) is 0 Å². The zero-order chi connectivity index (χ0) is 7.11. The van der Waals surface area contributed by atoms with E-state index in [-0.39, 0.29) is 0 Å². The van der Waals surface area contributed by atoms with Gasteiger partial charge in [-0.1, -0.05) is 0 Å². The summed E-state index contributed by atoms with van der Waals surface area (Å²) in [7, 11) is 0. The van der Waals surface area contributed by atoms with E-state index >= 15 is 0 Å². The summed E-state index contributed by atoms with van der Waals surface area (Å²) in [5.74, 6) is 0. The van der Waals surface area contributed by atoms with E-state index in [0.29, 0.717) is 4.77 Å². The van der Waals surface area contributed by atoms with Gasteiger partial charge in [-0.25, -0.2) is 9.97 Å². The third-order valence-electron chi connectivity index (χ3n) is 0.504. The third kappa shape index (κ3) is 4.07. The lowest BCUT2D eigenvalue weighted by molar-refractivity contribution is 1.02. The maximum Gasteiger partial charge on any atom is 0.199 e. The molecule has 1 aromatic rings. The largest absolute Gasteiger partial charge is 0.322 e. The van der Waals surface area contributed by atoms with Gasteiger partial charge in [-0.3, -0.25) is 5.14 Å².